The standard InChI is InChI=1S/C24H26F2N4O3/c1-14(2)13-30-20-11-17(23(31)28-19-5-4-8-29(3)24(19)32)22(9-15(20)12-27-30)33-21-7-6-16(25)10-18(21)26/h6-7,9-12,14,19H,4-5,8,13H2,1-3H3,(H,28,31)/t19-/m0/s1. The maximum Gasteiger partial charge on any atom is 0.255 e. The summed E-state index contributed by atoms with van der Waals surface area (Å²) in [6.07, 6.45) is 2.95. The van der Waals surface area contributed by atoms with Gasteiger partial charge in [0.25, 0.3) is 5.91 Å². The summed E-state index contributed by atoms with van der Waals surface area (Å²) in [4.78, 5) is 27.3. The lowest BCUT2D eigenvalue weighted by molar-refractivity contribution is -0.134. The Bertz CT molecular complexity index is 1210. The minimum Gasteiger partial charge on any atom is -0.453 e. The number of halogens is 2. The molecule has 0 radical (unpaired) electrons. The first-order valence-corrected chi connectivity index (χ1v) is 10.9. The second-order valence-corrected chi connectivity index (χ2v) is 8.73. The number of hydrogen-bond acceptors (Lipinski definition) is 4. The first-order chi connectivity index (χ1) is 15.7. The molecule has 0 bridgehead atoms. The summed E-state index contributed by atoms with van der Waals surface area (Å²) in [5.41, 5.74) is 0.852. The molecule has 1 fully saturated rings. The van der Waals surface area contributed by atoms with Gasteiger partial charge in [-0.3, -0.25) is 14.3 Å². The molecule has 7 nitrogen and oxygen atoms in total. The van der Waals surface area contributed by atoms with Crippen molar-refractivity contribution in [3.8, 4) is 11.5 Å². The van der Waals surface area contributed by atoms with Crippen molar-refractivity contribution >= 4 is 22.7 Å². The minimum absolute atomic E-state index is 0.0891. The van der Waals surface area contributed by atoms with Crippen LogP contribution in [0.25, 0.3) is 10.9 Å². The van der Waals surface area contributed by atoms with Crippen LogP contribution in [-0.2, 0) is 11.3 Å². The second kappa shape index (κ2) is 9.17. The van der Waals surface area contributed by atoms with E-state index in [0.717, 1.165) is 12.5 Å². The number of piperidine rings is 1. The number of fused-ring (bicyclic) bond motifs is 1. The molecule has 1 aliphatic rings. The molecule has 1 saturated heterocycles. The molecule has 1 atom stereocenters. The molecule has 0 spiro atoms. The summed E-state index contributed by atoms with van der Waals surface area (Å²) in [5.74, 6) is -2.10. The molecule has 2 amide bonds. The van der Waals surface area contributed by atoms with Gasteiger partial charge >= 0.3 is 0 Å². The fourth-order valence-electron chi connectivity index (χ4n) is 3.94. The fourth-order valence-corrected chi connectivity index (χ4v) is 3.94. The summed E-state index contributed by atoms with van der Waals surface area (Å²) in [7, 11) is 1.70. The number of rotatable bonds is 6. The Morgan fingerprint density at radius 1 is 1.24 bits per heavy atom. The minimum atomic E-state index is -0.888. The van der Waals surface area contributed by atoms with Crippen molar-refractivity contribution < 1.29 is 23.1 Å². The SMILES string of the molecule is CC(C)Cn1ncc2cc(Oc3ccc(F)cc3F)c(C(=O)N[C@H]3CCCN(C)C3=O)cc21. The Morgan fingerprint density at radius 3 is 2.76 bits per heavy atom. The van der Waals surface area contributed by atoms with E-state index in [1.54, 1.807) is 35.0 Å². The van der Waals surface area contributed by atoms with Gasteiger partial charge in [0.15, 0.2) is 11.6 Å². The van der Waals surface area contributed by atoms with Crippen LogP contribution in [0, 0.1) is 17.6 Å². The number of carbonyl (C=O) groups is 2. The average molecular weight is 456 g/mol. The summed E-state index contributed by atoms with van der Waals surface area (Å²) in [6, 6.07) is 5.54. The van der Waals surface area contributed by atoms with E-state index in [9.17, 15) is 18.4 Å². The average Bonchev–Trinajstić information content (AvgIpc) is 3.13. The summed E-state index contributed by atoms with van der Waals surface area (Å²) in [5, 5.41) is 7.89. The molecule has 0 saturated carbocycles. The van der Waals surface area contributed by atoms with Crippen LogP contribution in [0.2, 0.25) is 0 Å². The second-order valence-electron chi connectivity index (χ2n) is 8.73. The highest BCUT2D eigenvalue weighted by Crippen LogP contribution is 2.32. The number of benzene rings is 2. The van der Waals surface area contributed by atoms with Crippen molar-refractivity contribution in [2.45, 2.75) is 39.3 Å². The van der Waals surface area contributed by atoms with Gasteiger partial charge in [-0.15, -0.1) is 0 Å². The van der Waals surface area contributed by atoms with E-state index in [1.807, 2.05) is 0 Å². The van der Waals surface area contributed by atoms with Gasteiger partial charge in [0, 0.05) is 31.6 Å². The monoisotopic (exact) mass is 456 g/mol. The summed E-state index contributed by atoms with van der Waals surface area (Å²) < 4.78 is 35.1. The Kier molecular flexibility index (Phi) is 6.31. The molecule has 9 heteroatoms. The maximum atomic E-state index is 14.3. The maximum absolute atomic E-state index is 14.3. The van der Waals surface area contributed by atoms with E-state index in [0.29, 0.717) is 42.4 Å². The fraction of sp³-hybridized carbons (Fsp3) is 0.375. The van der Waals surface area contributed by atoms with Crippen molar-refractivity contribution in [1.82, 2.24) is 20.0 Å². The number of ether oxygens (including phenoxy) is 1. The zero-order chi connectivity index (χ0) is 23.7. The highest BCUT2D eigenvalue weighted by molar-refractivity contribution is 6.03. The van der Waals surface area contributed by atoms with Gasteiger partial charge in [-0.05, 0) is 43.0 Å². The van der Waals surface area contributed by atoms with Gasteiger partial charge in [-0.25, -0.2) is 8.78 Å². The molecule has 1 N–H and O–H groups in total. The van der Waals surface area contributed by atoms with E-state index >= 15 is 0 Å². The van der Waals surface area contributed by atoms with Crippen LogP contribution in [0.4, 0.5) is 8.78 Å². The zero-order valence-electron chi connectivity index (χ0n) is 18.8. The smallest absolute Gasteiger partial charge is 0.255 e. The third-order valence-corrected chi connectivity index (χ3v) is 5.61. The highest BCUT2D eigenvalue weighted by atomic mass is 19.1. The van der Waals surface area contributed by atoms with E-state index < -0.39 is 23.6 Å². The number of nitrogens with zero attached hydrogens (tertiary/aromatic N) is 3. The number of hydrogen-bond donors (Lipinski definition) is 1. The lowest BCUT2D eigenvalue weighted by Gasteiger charge is -2.29. The van der Waals surface area contributed by atoms with Crippen molar-refractivity contribution in [2.75, 3.05) is 13.6 Å². The summed E-state index contributed by atoms with van der Waals surface area (Å²) >= 11 is 0. The van der Waals surface area contributed by atoms with Crippen LogP contribution in [0.3, 0.4) is 0 Å². The Balaban J connectivity index is 1.74. The molecule has 3 aromatic rings. The van der Waals surface area contributed by atoms with Crippen LogP contribution in [0.1, 0.15) is 37.0 Å². The van der Waals surface area contributed by atoms with E-state index in [2.05, 4.69) is 24.3 Å². The molecule has 0 aliphatic carbocycles. The van der Waals surface area contributed by atoms with Gasteiger partial charge in [0.05, 0.1) is 17.3 Å². The van der Waals surface area contributed by atoms with Crippen LogP contribution in [0.15, 0.2) is 36.5 Å². The lowest BCUT2D eigenvalue weighted by atomic mass is 10.0. The highest BCUT2D eigenvalue weighted by Gasteiger charge is 2.29. The molecule has 2 aromatic carbocycles. The van der Waals surface area contributed by atoms with Crippen molar-refractivity contribution in [2.24, 2.45) is 5.92 Å². The van der Waals surface area contributed by atoms with E-state index in [4.69, 9.17) is 4.74 Å². The van der Waals surface area contributed by atoms with Crippen LogP contribution < -0.4 is 10.1 Å². The predicted molar refractivity (Wildman–Crippen MR) is 119 cm³/mol. The van der Waals surface area contributed by atoms with Crippen molar-refractivity contribution in [3.63, 3.8) is 0 Å². The molecule has 4 rings (SSSR count). The molecular weight excluding hydrogens is 430 g/mol. The third-order valence-electron chi connectivity index (χ3n) is 5.61. The van der Waals surface area contributed by atoms with Gasteiger partial charge in [0.1, 0.15) is 17.6 Å². The summed E-state index contributed by atoms with van der Waals surface area (Å²) in [6.45, 7) is 5.40. The molecule has 0 unspecified atom stereocenters. The van der Waals surface area contributed by atoms with Crippen LogP contribution >= 0.6 is 0 Å². The molecule has 1 aliphatic heterocycles. The molecule has 33 heavy (non-hydrogen) atoms. The van der Waals surface area contributed by atoms with Gasteiger partial charge in [-0.2, -0.15) is 5.10 Å². The molecular formula is C24H26F2N4O3. The zero-order valence-corrected chi connectivity index (χ0v) is 18.8. The molecule has 174 valence electrons. The van der Waals surface area contributed by atoms with Crippen LogP contribution in [0.5, 0.6) is 11.5 Å². The van der Waals surface area contributed by atoms with Gasteiger partial charge in [0.2, 0.25) is 5.91 Å². The Morgan fingerprint density at radius 2 is 2.03 bits per heavy atom. The number of carbonyl (C=O) groups excluding carboxylic acids is 2. The number of likely N-dealkylation sites (tertiary alicyclic amines) is 1. The number of nitrogens with one attached hydrogen (secondary N) is 1. The van der Waals surface area contributed by atoms with E-state index in [1.165, 1.54) is 6.07 Å². The van der Waals surface area contributed by atoms with Crippen LogP contribution in [-0.4, -0.2) is 46.1 Å². The largest absolute Gasteiger partial charge is 0.453 e. The number of likely N-dealkylation sites (N-methyl/N-ethyl adjacent to an activating group) is 1. The van der Waals surface area contributed by atoms with Crippen molar-refractivity contribution in [1.29, 1.82) is 0 Å². The van der Waals surface area contributed by atoms with Gasteiger partial charge < -0.3 is 15.0 Å². The first kappa shape index (κ1) is 22.7. The predicted octanol–water partition coefficient (Wildman–Crippen LogP) is 4.11. The number of aromatic nitrogens is 2. The van der Waals surface area contributed by atoms with Gasteiger partial charge in [-0.1, -0.05) is 13.8 Å². The Hall–Kier alpha value is -3.49. The lowest BCUT2D eigenvalue weighted by Crippen LogP contribution is -2.50. The Labute approximate surface area is 190 Å². The molecule has 1 aromatic heterocycles. The quantitative estimate of drug-likeness (QED) is 0.606. The van der Waals surface area contributed by atoms with E-state index in [-0.39, 0.29) is 23.0 Å². The normalized spacial score (nSPS) is 16.5. The number of amides is 2. The van der Waals surface area contributed by atoms with Crippen molar-refractivity contribution in [3.05, 3.63) is 53.7 Å². The topological polar surface area (TPSA) is 76.5 Å². The first-order valence-electron chi connectivity index (χ1n) is 10.9. The third kappa shape index (κ3) is 4.81. The molecule has 2 heterocycles.